The molecule has 26 heavy (non-hydrogen) atoms. The number of benzene rings is 1. The van der Waals surface area contributed by atoms with Gasteiger partial charge in [0.25, 0.3) is 0 Å². The number of hydrogen-bond donors (Lipinski definition) is 1. The monoisotopic (exact) mass is 357 g/mol. The summed E-state index contributed by atoms with van der Waals surface area (Å²) in [5.74, 6) is 2.05. The van der Waals surface area contributed by atoms with Gasteiger partial charge in [0.2, 0.25) is 0 Å². The summed E-state index contributed by atoms with van der Waals surface area (Å²) in [6.45, 7) is 6.79. The van der Waals surface area contributed by atoms with E-state index in [2.05, 4.69) is 23.7 Å². The normalized spacial score (nSPS) is 20.8. The summed E-state index contributed by atoms with van der Waals surface area (Å²) in [5.41, 5.74) is 8.55. The highest BCUT2D eigenvalue weighted by Crippen LogP contribution is 2.36. The summed E-state index contributed by atoms with van der Waals surface area (Å²) in [6, 6.07) is 9.57. The second kappa shape index (κ2) is 7.93. The van der Waals surface area contributed by atoms with Gasteiger partial charge in [0.1, 0.15) is 17.3 Å². The third-order valence-corrected chi connectivity index (χ3v) is 4.54. The first-order valence-electron chi connectivity index (χ1n) is 8.85. The van der Waals surface area contributed by atoms with Crippen LogP contribution in [0.15, 0.2) is 30.3 Å². The average molecular weight is 357 g/mol. The largest absolute Gasteiger partial charge is 0.496 e. The van der Waals surface area contributed by atoms with Gasteiger partial charge >= 0.3 is 0 Å². The first-order chi connectivity index (χ1) is 12.5. The Hall–Kier alpha value is -2.31. The smallest absolute Gasteiger partial charge is 0.128 e. The van der Waals surface area contributed by atoms with Crippen LogP contribution < -0.4 is 15.2 Å². The van der Waals surface area contributed by atoms with Gasteiger partial charge in [0, 0.05) is 30.8 Å². The Morgan fingerprint density at radius 1 is 1.12 bits per heavy atom. The number of rotatable bonds is 5. The molecule has 1 fully saturated rings. The quantitative estimate of drug-likeness (QED) is 0.887. The molecular formula is C20H27N3O3. The zero-order valence-corrected chi connectivity index (χ0v) is 15.9. The highest BCUT2D eigenvalue weighted by atomic mass is 16.5. The van der Waals surface area contributed by atoms with Gasteiger partial charge in [-0.2, -0.15) is 0 Å². The van der Waals surface area contributed by atoms with Crippen molar-refractivity contribution in [2.75, 3.05) is 33.0 Å². The molecule has 140 valence electrons. The van der Waals surface area contributed by atoms with E-state index in [1.54, 1.807) is 20.3 Å². The molecule has 1 aliphatic rings. The first kappa shape index (κ1) is 18.5. The molecule has 0 radical (unpaired) electrons. The first-order valence-corrected chi connectivity index (χ1v) is 8.85. The van der Waals surface area contributed by atoms with Crippen LogP contribution in [0.5, 0.6) is 11.5 Å². The van der Waals surface area contributed by atoms with Crippen molar-refractivity contribution in [1.29, 1.82) is 0 Å². The molecule has 2 aromatic rings. The van der Waals surface area contributed by atoms with E-state index in [0.717, 1.165) is 48.0 Å². The molecule has 2 atom stereocenters. The van der Waals surface area contributed by atoms with Crippen LogP contribution in [-0.2, 0) is 11.3 Å². The van der Waals surface area contributed by atoms with Crippen molar-refractivity contribution in [3.05, 3.63) is 35.9 Å². The number of aromatic nitrogens is 1. The second-order valence-corrected chi connectivity index (χ2v) is 6.76. The molecule has 0 amide bonds. The van der Waals surface area contributed by atoms with Crippen LogP contribution in [0.25, 0.3) is 11.3 Å². The summed E-state index contributed by atoms with van der Waals surface area (Å²) in [4.78, 5) is 6.79. The molecule has 0 spiro atoms. The third kappa shape index (κ3) is 4.08. The van der Waals surface area contributed by atoms with E-state index in [0.29, 0.717) is 5.82 Å². The van der Waals surface area contributed by atoms with Gasteiger partial charge < -0.3 is 19.9 Å². The van der Waals surface area contributed by atoms with Crippen molar-refractivity contribution >= 4 is 5.82 Å². The van der Waals surface area contributed by atoms with Crippen LogP contribution in [0.1, 0.15) is 19.4 Å². The third-order valence-electron chi connectivity index (χ3n) is 4.54. The molecule has 0 saturated carbocycles. The van der Waals surface area contributed by atoms with Crippen LogP contribution in [0.3, 0.4) is 0 Å². The molecule has 1 aromatic heterocycles. The Kier molecular flexibility index (Phi) is 5.64. The summed E-state index contributed by atoms with van der Waals surface area (Å²) in [5, 5.41) is 0. The number of nitrogens with zero attached hydrogens (tertiary/aromatic N) is 2. The molecule has 6 heteroatoms. The van der Waals surface area contributed by atoms with Crippen molar-refractivity contribution < 1.29 is 14.2 Å². The zero-order chi connectivity index (χ0) is 18.7. The number of methoxy groups -OCH3 is 2. The Balaban J connectivity index is 1.94. The average Bonchev–Trinajstić information content (AvgIpc) is 2.60. The summed E-state index contributed by atoms with van der Waals surface area (Å²) >= 11 is 0. The maximum atomic E-state index is 5.84. The van der Waals surface area contributed by atoms with Gasteiger partial charge in [-0.05, 0) is 38.1 Å². The fourth-order valence-electron chi connectivity index (χ4n) is 3.54. The lowest BCUT2D eigenvalue weighted by Gasteiger charge is -2.35. The maximum absolute atomic E-state index is 5.84. The Bertz CT molecular complexity index is 756. The van der Waals surface area contributed by atoms with Crippen LogP contribution >= 0.6 is 0 Å². The lowest BCUT2D eigenvalue weighted by molar-refractivity contribution is -0.0706. The number of pyridine rings is 1. The number of morpholine rings is 1. The molecule has 2 heterocycles. The molecule has 3 rings (SSSR count). The second-order valence-electron chi connectivity index (χ2n) is 6.76. The van der Waals surface area contributed by atoms with Gasteiger partial charge in [-0.1, -0.05) is 6.07 Å². The Morgan fingerprint density at radius 3 is 2.42 bits per heavy atom. The number of nitrogens with two attached hydrogens (primary N) is 1. The van der Waals surface area contributed by atoms with Gasteiger partial charge in [0.05, 0.1) is 32.1 Å². The van der Waals surface area contributed by atoms with Gasteiger partial charge in [-0.15, -0.1) is 0 Å². The van der Waals surface area contributed by atoms with E-state index < -0.39 is 0 Å². The number of anilines is 1. The lowest BCUT2D eigenvalue weighted by atomic mass is 10.0. The predicted octanol–water partition coefficient (Wildman–Crippen LogP) is 2.96. The summed E-state index contributed by atoms with van der Waals surface area (Å²) in [6.07, 6.45) is 0.449. The van der Waals surface area contributed by atoms with E-state index in [1.807, 2.05) is 24.3 Å². The van der Waals surface area contributed by atoms with E-state index >= 15 is 0 Å². The Labute approximate surface area is 154 Å². The van der Waals surface area contributed by atoms with Crippen molar-refractivity contribution in [3.8, 4) is 22.8 Å². The number of ether oxygens (including phenoxy) is 3. The summed E-state index contributed by atoms with van der Waals surface area (Å²) in [7, 11) is 3.35. The lowest BCUT2D eigenvalue weighted by Crippen LogP contribution is -2.44. The highest BCUT2D eigenvalue weighted by Gasteiger charge is 2.24. The van der Waals surface area contributed by atoms with E-state index in [4.69, 9.17) is 19.9 Å². The van der Waals surface area contributed by atoms with E-state index in [1.165, 1.54) is 0 Å². The maximum Gasteiger partial charge on any atom is 0.128 e. The van der Waals surface area contributed by atoms with Crippen molar-refractivity contribution in [2.24, 2.45) is 0 Å². The standard InChI is InChI=1S/C20H27N3O3/c1-13-10-23(11-14(2)26-13)12-15-8-19(25-4)16(9-18(15)24-3)17-6-5-7-20(21)22-17/h5-9,13-14H,10-12H2,1-4H3,(H2,21,22). The van der Waals surface area contributed by atoms with Crippen molar-refractivity contribution in [2.45, 2.75) is 32.6 Å². The summed E-state index contributed by atoms with van der Waals surface area (Å²) < 4.78 is 17.1. The topological polar surface area (TPSA) is 69.8 Å². The molecule has 1 aliphatic heterocycles. The molecule has 0 bridgehead atoms. The molecule has 6 nitrogen and oxygen atoms in total. The van der Waals surface area contributed by atoms with E-state index in [-0.39, 0.29) is 12.2 Å². The van der Waals surface area contributed by atoms with Gasteiger partial charge in [0.15, 0.2) is 0 Å². The van der Waals surface area contributed by atoms with Crippen LogP contribution in [-0.4, -0.2) is 49.4 Å². The van der Waals surface area contributed by atoms with Crippen molar-refractivity contribution in [1.82, 2.24) is 9.88 Å². The fraction of sp³-hybridized carbons (Fsp3) is 0.450. The molecule has 2 N–H and O–H groups in total. The minimum atomic E-state index is 0.224. The number of hydrogen-bond acceptors (Lipinski definition) is 6. The van der Waals surface area contributed by atoms with Crippen LogP contribution in [0.4, 0.5) is 5.82 Å². The molecular weight excluding hydrogens is 330 g/mol. The van der Waals surface area contributed by atoms with Gasteiger partial charge in [-0.25, -0.2) is 4.98 Å². The fourth-order valence-corrected chi connectivity index (χ4v) is 3.54. The molecule has 2 unspecified atom stereocenters. The van der Waals surface area contributed by atoms with Gasteiger partial charge in [-0.3, -0.25) is 4.90 Å². The van der Waals surface area contributed by atoms with Crippen LogP contribution in [0, 0.1) is 0 Å². The van der Waals surface area contributed by atoms with Crippen molar-refractivity contribution in [3.63, 3.8) is 0 Å². The van der Waals surface area contributed by atoms with Crippen LogP contribution in [0.2, 0.25) is 0 Å². The number of nitrogen functional groups attached to an aromatic ring is 1. The minimum absolute atomic E-state index is 0.224. The molecule has 1 aromatic carbocycles. The molecule has 1 saturated heterocycles. The Morgan fingerprint density at radius 2 is 1.81 bits per heavy atom. The highest BCUT2D eigenvalue weighted by molar-refractivity contribution is 5.71. The molecule has 0 aliphatic carbocycles. The SMILES string of the molecule is COc1cc(-c2cccc(N)n2)c(OC)cc1CN1CC(C)OC(C)C1. The minimum Gasteiger partial charge on any atom is -0.496 e. The zero-order valence-electron chi connectivity index (χ0n) is 15.9. The predicted molar refractivity (Wildman–Crippen MR) is 102 cm³/mol. The van der Waals surface area contributed by atoms with E-state index in [9.17, 15) is 0 Å².